The molecule has 1 heterocycles. The van der Waals surface area contributed by atoms with Crippen LogP contribution in [0.3, 0.4) is 0 Å². The van der Waals surface area contributed by atoms with E-state index < -0.39 is 5.82 Å². The largest absolute Gasteiger partial charge is 0.399 e. The molecule has 0 amide bonds. The van der Waals surface area contributed by atoms with Crippen LogP contribution < -0.4 is 11.3 Å². The van der Waals surface area contributed by atoms with Gasteiger partial charge in [-0.3, -0.25) is 9.36 Å². The lowest BCUT2D eigenvalue weighted by molar-refractivity contribution is 0.619. The number of nitrogens with two attached hydrogens (primary N) is 1. The molecule has 3 rings (SSSR count). The van der Waals surface area contributed by atoms with E-state index in [1.54, 1.807) is 24.3 Å². The third-order valence-electron chi connectivity index (χ3n) is 2.91. The van der Waals surface area contributed by atoms with Crippen molar-refractivity contribution in [1.29, 1.82) is 0 Å². The van der Waals surface area contributed by atoms with Gasteiger partial charge >= 0.3 is 0 Å². The lowest BCUT2D eigenvalue weighted by Gasteiger charge is -2.11. The van der Waals surface area contributed by atoms with Crippen LogP contribution >= 0.6 is 0 Å². The molecule has 0 aliphatic carbocycles. The van der Waals surface area contributed by atoms with Crippen molar-refractivity contribution < 1.29 is 4.39 Å². The Bertz CT molecular complexity index is 826. The van der Waals surface area contributed by atoms with Gasteiger partial charge in [-0.15, -0.1) is 0 Å². The maximum atomic E-state index is 13.9. The maximum absolute atomic E-state index is 13.9. The summed E-state index contributed by atoms with van der Waals surface area (Å²) in [7, 11) is 0. The number of hydrogen-bond acceptors (Lipinski definition) is 3. The SMILES string of the molecule is Nc1ccc(F)c(-n2cnc(=O)c3ccccc32)c1. The molecule has 0 atom stereocenters. The van der Waals surface area contributed by atoms with Gasteiger partial charge in [0, 0.05) is 5.69 Å². The van der Waals surface area contributed by atoms with Gasteiger partial charge in [0.15, 0.2) is 0 Å². The van der Waals surface area contributed by atoms with Crippen LogP contribution in [-0.2, 0) is 0 Å². The number of fused-ring (bicyclic) bond motifs is 1. The summed E-state index contributed by atoms with van der Waals surface area (Å²) in [6.07, 6.45) is 1.31. The number of para-hydroxylation sites is 1. The van der Waals surface area contributed by atoms with Crippen LogP contribution in [0.25, 0.3) is 16.6 Å². The first-order valence-electron chi connectivity index (χ1n) is 5.68. The Labute approximate surface area is 107 Å². The van der Waals surface area contributed by atoms with Crippen LogP contribution in [0.4, 0.5) is 10.1 Å². The van der Waals surface area contributed by atoms with E-state index in [1.165, 1.54) is 29.1 Å². The standard InChI is InChI=1S/C14H10FN3O/c15-11-6-5-9(16)7-13(11)18-8-17-14(19)10-3-1-2-4-12(10)18/h1-8H,16H2. The number of halogens is 1. The summed E-state index contributed by atoms with van der Waals surface area (Å²) < 4.78 is 15.4. The second kappa shape index (κ2) is 4.20. The number of nitrogen functional groups attached to an aromatic ring is 1. The van der Waals surface area contributed by atoms with Gasteiger partial charge in [-0.05, 0) is 30.3 Å². The topological polar surface area (TPSA) is 60.9 Å². The number of nitrogens with zero attached hydrogens (tertiary/aromatic N) is 2. The lowest BCUT2D eigenvalue weighted by Crippen LogP contribution is -2.12. The van der Waals surface area contributed by atoms with Crippen molar-refractivity contribution in [3.05, 3.63) is 65.0 Å². The quantitative estimate of drug-likeness (QED) is 0.677. The minimum atomic E-state index is -0.426. The highest BCUT2D eigenvalue weighted by Crippen LogP contribution is 2.20. The van der Waals surface area contributed by atoms with Gasteiger partial charge in [0.2, 0.25) is 0 Å². The molecule has 0 unspecified atom stereocenters. The van der Waals surface area contributed by atoms with E-state index in [0.717, 1.165) is 0 Å². The lowest BCUT2D eigenvalue weighted by atomic mass is 10.2. The van der Waals surface area contributed by atoms with E-state index in [4.69, 9.17) is 5.73 Å². The Morgan fingerprint density at radius 2 is 1.95 bits per heavy atom. The van der Waals surface area contributed by atoms with Crippen LogP contribution in [0.2, 0.25) is 0 Å². The Hall–Kier alpha value is -2.69. The van der Waals surface area contributed by atoms with Crippen LogP contribution in [0, 0.1) is 5.82 Å². The van der Waals surface area contributed by atoms with Crippen molar-refractivity contribution in [2.24, 2.45) is 0 Å². The molecule has 0 fully saturated rings. The highest BCUT2D eigenvalue weighted by Gasteiger charge is 2.09. The molecule has 1 aromatic heterocycles. The van der Waals surface area contributed by atoms with Gasteiger partial charge in [0.1, 0.15) is 12.1 Å². The fourth-order valence-electron chi connectivity index (χ4n) is 2.01. The van der Waals surface area contributed by atoms with E-state index in [9.17, 15) is 9.18 Å². The predicted octanol–water partition coefficient (Wildman–Crippen LogP) is 2.11. The smallest absolute Gasteiger partial charge is 0.280 e. The maximum Gasteiger partial charge on any atom is 0.280 e. The molecule has 94 valence electrons. The summed E-state index contributed by atoms with van der Waals surface area (Å²) in [5.41, 5.74) is 6.64. The van der Waals surface area contributed by atoms with Crippen LogP contribution in [0.1, 0.15) is 0 Å². The third-order valence-corrected chi connectivity index (χ3v) is 2.91. The highest BCUT2D eigenvalue weighted by atomic mass is 19.1. The molecule has 0 radical (unpaired) electrons. The minimum absolute atomic E-state index is 0.267. The first kappa shape index (κ1) is 11.4. The molecule has 0 spiro atoms. The number of hydrogen-bond donors (Lipinski definition) is 1. The first-order valence-corrected chi connectivity index (χ1v) is 5.68. The summed E-state index contributed by atoms with van der Waals surface area (Å²) >= 11 is 0. The second-order valence-electron chi connectivity index (χ2n) is 4.15. The molecule has 0 aliphatic rings. The average molecular weight is 255 g/mol. The highest BCUT2D eigenvalue weighted by molar-refractivity contribution is 5.79. The van der Waals surface area contributed by atoms with Crippen LogP contribution in [0.5, 0.6) is 0 Å². The normalized spacial score (nSPS) is 10.8. The van der Waals surface area contributed by atoms with Gasteiger partial charge in [0.05, 0.1) is 16.6 Å². The first-order chi connectivity index (χ1) is 9.16. The predicted molar refractivity (Wildman–Crippen MR) is 71.7 cm³/mol. The zero-order valence-electron chi connectivity index (χ0n) is 9.88. The second-order valence-corrected chi connectivity index (χ2v) is 4.15. The molecule has 2 N–H and O–H groups in total. The summed E-state index contributed by atoms with van der Waals surface area (Å²) in [5, 5.41) is 0.437. The molecule has 3 aromatic rings. The molecule has 0 saturated heterocycles. The Kier molecular flexibility index (Phi) is 2.52. The van der Waals surface area contributed by atoms with Crippen molar-refractivity contribution >= 4 is 16.6 Å². The van der Waals surface area contributed by atoms with Gasteiger partial charge in [-0.1, -0.05) is 12.1 Å². The van der Waals surface area contributed by atoms with Gasteiger partial charge < -0.3 is 5.73 Å². The monoisotopic (exact) mass is 255 g/mol. The van der Waals surface area contributed by atoms with Gasteiger partial charge in [-0.2, -0.15) is 4.98 Å². The molecule has 0 aliphatic heterocycles. The molecule has 2 aromatic carbocycles. The molecular formula is C14H10FN3O. The van der Waals surface area contributed by atoms with Crippen molar-refractivity contribution in [1.82, 2.24) is 9.55 Å². The Morgan fingerprint density at radius 3 is 2.79 bits per heavy atom. The molecule has 0 saturated carbocycles. The Morgan fingerprint density at radius 1 is 1.16 bits per heavy atom. The number of benzene rings is 2. The van der Waals surface area contributed by atoms with Gasteiger partial charge in [-0.25, -0.2) is 4.39 Å². The average Bonchev–Trinajstić information content (AvgIpc) is 2.43. The molecule has 5 heteroatoms. The molecular weight excluding hydrogens is 245 g/mol. The van der Waals surface area contributed by atoms with Crippen molar-refractivity contribution in [2.45, 2.75) is 0 Å². The van der Waals surface area contributed by atoms with E-state index >= 15 is 0 Å². The summed E-state index contributed by atoms with van der Waals surface area (Å²) in [5.74, 6) is -0.426. The summed E-state index contributed by atoms with van der Waals surface area (Å²) in [6, 6.07) is 11.2. The fourth-order valence-corrected chi connectivity index (χ4v) is 2.01. The van der Waals surface area contributed by atoms with E-state index in [-0.39, 0.29) is 11.2 Å². The summed E-state index contributed by atoms with van der Waals surface area (Å²) in [6.45, 7) is 0. The number of rotatable bonds is 1. The van der Waals surface area contributed by atoms with E-state index in [2.05, 4.69) is 4.98 Å². The zero-order chi connectivity index (χ0) is 13.4. The molecule has 4 nitrogen and oxygen atoms in total. The van der Waals surface area contributed by atoms with Gasteiger partial charge in [0.25, 0.3) is 5.56 Å². The van der Waals surface area contributed by atoms with Crippen molar-refractivity contribution in [3.63, 3.8) is 0 Å². The fraction of sp³-hybridized carbons (Fsp3) is 0. The van der Waals surface area contributed by atoms with Crippen molar-refractivity contribution in [3.8, 4) is 5.69 Å². The van der Waals surface area contributed by atoms with Crippen LogP contribution in [-0.4, -0.2) is 9.55 Å². The molecule has 19 heavy (non-hydrogen) atoms. The Balaban J connectivity index is 2.41. The number of anilines is 1. The minimum Gasteiger partial charge on any atom is -0.399 e. The zero-order valence-corrected chi connectivity index (χ0v) is 9.88. The number of aromatic nitrogens is 2. The van der Waals surface area contributed by atoms with E-state index in [1.807, 2.05) is 0 Å². The molecule has 0 bridgehead atoms. The van der Waals surface area contributed by atoms with Crippen LogP contribution in [0.15, 0.2) is 53.6 Å². The van der Waals surface area contributed by atoms with E-state index in [0.29, 0.717) is 16.6 Å². The third kappa shape index (κ3) is 1.85. The van der Waals surface area contributed by atoms with Crippen molar-refractivity contribution in [2.75, 3.05) is 5.73 Å². The summed E-state index contributed by atoms with van der Waals surface area (Å²) in [4.78, 5) is 15.4.